The Labute approximate surface area is 331 Å². The number of nitrogens with one attached hydrogen (secondary N) is 2. The summed E-state index contributed by atoms with van der Waals surface area (Å²) in [7, 11) is -16.4. The SMILES string of the molecule is CCCCCC(C)C(=O)SCCNC(=O)CCNC(=O)C(O)C(C)(C)COP(=O)(O)OP(=O)(O)OC[C@H]1O[C@@H](n2cnc3c(N)ncnc32)[C@H](O)[C@@H]1OP(=O)(O)O. The van der Waals surface area contributed by atoms with Crippen LogP contribution in [0.3, 0.4) is 0 Å². The Morgan fingerprint density at radius 3 is 2.40 bits per heavy atom. The molecule has 0 bridgehead atoms. The van der Waals surface area contributed by atoms with Crippen molar-refractivity contribution < 1.29 is 80.5 Å². The third kappa shape index (κ3) is 15.3. The van der Waals surface area contributed by atoms with Crippen LogP contribution in [0.2, 0.25) is 0 Å². The average Bonchev–Trinajstić information content (AvgIpc) is 3.68. The molecule has 1 fully saturated rings. The van der Waals surface area contributed by atoms with Crippen LogP contribution in [0.4, 0.5) is 5.82 Å². The second-order valence-corrected chi connectivity index (χ2v) is 19.0. The third-order valence-corrected chi connectivity index (χ3v) is 12.6. The molecule has 0 aromatic carbocycles. The van der Waals surface area contributed by atoms with Crippen molar-refractivity contribution in [3.8, 4) is 0 Å². The van der Waals surface area contributed by atoms with Gasteiger partial charge in [-0.15, -0.1) is 0 Å². The van der Waals surface area contributed by atoms with Crippen molar-refractivity contribution in [3.05, 3.63) is 12.7 Å². The number of carbonyl (C=O) groups excluding carboxylic acids is 3. The summed E-state index contributed by atoms with van der Waals surface area (Å²) in [5.74, 6) is -1.12. The van der Waals surface area contributed by atoms with E-state index >= 15 is 0 Å². The summed E-state index contributed by atoms with van der Waals surface area (Å²) in [6, 6.07) is 0. The van der Waals surface area contributed by atoms with Crippen LogP contribution in [-0.4, -0.2) is 123 Å². The fourth-order valence-corrected chi connectivity index (χ4v) is 8.88. The molecule has 2 aromatic rings. The van der Waals surface area contributed by atoms with Crippen molar-refractivity contribution in [1.82, 2.24) is 30.2 Å². The highest BCUT2D eigenvalue weighted by molar-refractivity contribution is 8.13. The minimum Gasteiger partial charge on any atom is -0.386 e. The molecule has 57 heavy (non-hydrogen) atoms. The van der Waals surface area contributed by atoms with E-state index in [1.54, 1.807) is 0 Å². The quantitative estimate of drug-likeness (QED) is 0.0521. The maximum absolute atomic E-state index is 12.7. The number of nitrogen functional groups attached to an aromatic ring is 1. The summed E-state index contributed by atoms with van der Waals surface area (Å²) in [5.41, 5.74) is 4.27. The number of amides is 2. The minimum absolute atomic E-state index is 0.0321. The van der Waals surface area contributed by atoms with E-state index in [-0.39, 0.29) is 47.5 Å². The Kier molecular flexibility index (Phi) is 18.2. The number of fused-ring (bicyclic) bond motifs is 1. The maximum Gasteiger partial charge on any atom is 0.481 e. The molecule has 0 spiro atoms. The molecule has 0 saturated carbocycles. The van der Waals surface area contributed by atoms with Crippen LogP contribution in [0.15, 0.2) is 12.7 Å². The number of anilines is 1. The van der Waals surface area contributed by atoms with Crippen molar-refractivity contribution in [3.63, 3.8) is 0 Å². The number of thioether (sulfide) groups is 1. The molecular weight excluding hydrogens is 843 g/mol. The van der Waals surface area contributed by atoms with Gasteiger partial charge in [-0.1, -0.05) is 58.7 Å². The Morgan fingerprint density at radius 1 is 1.05 bits per heavy atom. The fraction of sp³-hybridized carbons (Fsp3) is 0.724. The van der Waals surface area contributed by atoms with Crippen LogP contribution >= 0.6 is 35.2 Å². The zero-order chi connectivity index (χ0) is 42.8. The van der Waals surface area contributed by atoms with Gasteiger partial charge in [-0.25, -0.2) is 28.6 Å². The lowest BCUT2D eigenvalue weighted by molar-refractivity contribution is -0.137. The summed E-state index contributed by atoms with van der Waals surface area (Å²) >= 11 is 1.14. The smallest absolute Gasteiger partial charge is 0.386 e. The third-order valence-electron chi connectivity index (χ3n) is 8.39. The first kappa shape index (κ1) is 48.9. The normalized spacial score (nSPS) is 22.1. The van der Waals surface area contributed by atoms with Crippen molar-refractivity contribution >= 4 is 69.1 Å². The minimum atomic E-state index is -5.57. The zero-order valence-electron chi connectivity index (χ0n) is 31.5. The molecule has 4 unspecified atom stereocenters. The van der Waals surface area contributed by atoms with Crippen LogP contribution in [-0.2, 0) is 50.7 Å². The predicted octanol–water partition coefficient (Wildman–Crippen LogP) is 0.881. The number of carbonyl (C=O) groups is 3. The van der Waals surface area contributed by atoms with Gasteiger partial charge >= 0.3 is 23.5 Å². The van der Waals surface area contributed by atoms with E-state index < -0.39 is 84.6 Å². The van der Waals surface area contributed by atoms with Crippen molar-refractivity contribution in [2.45, 2.75) is 90.4 Å². The van der Waals surface area contributed by atoms with Crippen molar-refractivity contribution in [1.29, 1.82) is 0 Å². The number of aromatic nitrogens is 4. The lowest BCUT2D eigenvalue weighted by atomic mass is 9.87. The molecule has 8 atom stereocenters. The van der Waals surface area contributed by atoms with Crippen LogP contribution in [0.5, 0.6) is 0 Å². The van der Waals surface area contributed by atoms with Crippen molar-refractivity contribution in [2.75, 3.05) is 37.8 Å². The second-order valence-electron chi connectivity index (χ2n) is 13.6. The van der Waals surface area contributed by atoms with Gasteiger partial charge in [0, 0.05) is 36.6 Å². The molecule has 1 saturated heterocycles. The molecule has 0 radical (unpaired) electrons. The van der Waals surface area contributed by atoms with Gasteiger partial charge in [0.2, 0.25) is 11.8 Å². The number of imidazole rings is 1. The van der Waals surface area contributed by atoms with Gasteiger partial charge in [0.15, 0.2) is 22.8 Å². The topological polar surface area (TPSA) is 364 Å². The molecule has 1 aliphatic heterocycles. The second kappa shape index (κ2) is 21.2. The number of hydrogen-bond donors (Lipinski definition) is 9. The zero-order valence-corrected chi connectivity index (χ0v) is 35.0. The maximum atomic E-state index is 12.7. The van der Waals surface area contributed by atoms with Crippen LogP contribution in [0.1, 0.15) is 66.0 Å². The van der Waals surface area contributed by atoms with E-state index in [4.69, 9.17) is 19.5 Å². The highest BCUT2D eigenvalue weighted by atomic mass is 32.2. The molecule has 2 aromatic heterocycles. The van der Waals surface area contributed by atoms with E-state index in [9.17, 15) is 57.9 Å². The van der Waals surface area contributed by atoms with Gasteiger partial charge < -0.3 is 50.9 Å². The lowest BCUT2D eigenvalue weighted by Crippen LogP contribution is -2.46. The van der Waals surface area contributed by atoms with E-state index in [1.807, 2.05) is 6.92 Å². The monoisotopic (exact) mass is 893 g/mol. The first-order valence-electron chi connectivity index (χ1n) is 17.5. The number of phosphoric ester groups is 3. The number of nitrogens with zero attached hydrogens (tertiary/aromatic N) is 4. The van der Waals surface area contributed by atoms with Crippen LogP contribution in [0.25, 0.3) is 11.2 Å². The van der Waals surface area contributed by atoms with Gasteiger partial charge in [-0.3, -0.25) is 32.5 Å². The van der Waals surface area contributed by atoms with Gasteiger partial charge in [-0.2, -0.15) is 4.31 Å². The van der Waals surface area contributed by atoms with Gasteiger partial charge in [0.05, 0.1) is 19.5 Å². The van der Waals surface area contributed by atoms with Gasteiger partial charge in [-0.05, 0) is 6.42 Å². The van der Waals surface area contributed by atoms with Crippen LogP contribution in [0, 0.1) is 11.3 Å². The summed E-state index contributed by atoms with van der Waals surface area (Å²) in [6.45, 7) is 4.50. The summed E-state index contributed by atoms with van der Waals surface area (Å²) in [4.78, 5) is 87.9. The summed E-state index contributed by atoms with van der Waals surface area (Å²) < 4.78 is 62.2. The van der Waals surface area contributed by atoms with Crippen LogP contribution < -0.4 is 16.4 Å². The standard InChI is InChI=1S/C29H50N7O17P3S/c1-5-6-7-8-17(2)28(41)57-12-11-31-19(37)9-10-32-26(40)23(39)29(3,4)14-50-56(47,48)53-55(45,46)49-13-18-22(52-54(42,43)44)21(38)27(51-18)36-16-35-20-24(30)33-15-34-25(20)36/h15-18,21-23,27,38-39H,5-14H2,1-4H3,(H,31,37)(H,32,40)(H,45,46)(H,47,48)(H2,30,33,34)(H2,42,43,44)/t17?,18-,21-,22-,23?,27-/m1/s1. The molecular formula is C29H50N7O17P3S. The number of unbranched alkanes of at least 4 members (excludes halogenated alkanes) is 2. The number of rotatable bonds is 24. The number of aliphatic hydroxyl groups excluding tert-OH is 2. The van der Waals surface area contributed by atoms with Gasteiger partial charge in [0.1, 0.15) is 36.3 Å². The molecule has 324 valence electrons. The van der Waals surface area contributed by atoms with E-state index in [1.165, 1.54) is 13.8 Å². The molecule has 24 nitrogen and oxygen atoms in total. The number of ether oxygens (including phenoxy) is 1. The van der Waals surface area contributed by atoms with E-state index in [0.29, 0.717) is 5.75 Å². The average molecular weight is 894 g/mol. The number of phosphoric acid groups is 3. The highest BCUT2D eigenvalue weighted by Crippen LogP contribution is 2.61. The molecule has 2 amide bonds. The lowest BCUT2D eigenvalue weighted by Gasteiger charge is -2.30. The molecule has 28 heteroatoms. The van der Waals surface area contributed by atoms with Crippen molar-refractivity contribution in [2.24, 2.45) is 11.3 Å². The first-order valence-corrected chi connectivity index (χ1v) is 23.0. The molecule has 3 rings (SSSR count). The summed E-state index contributed by atoms with van der Waals surface area (Å²) in [6.07, 6.45) is -2.98. The Bertz CT molecular complexity index is 1830. The highest BCUT2D eigenvalue weighted by Gasteiger charge is 2.50. The fourth-order valence-electron chi connectivity index (χ4n) is 5.24. The molecule has 1 aliphatic rings. The Hall–Kier alpha value is -2.44. The Balaban J connectivity index is 1.47. The molecule has 0 aliphatic carbocycles. The van der Waals surface area contributed by atoms with Gasteiger partial charge in [0.25, 0.3) is 0 Å². The predicted molar refractivity (Wildman–Crippen MR) is 200 cm³/mol. The summed E-state index contributed by atoms with van der Waals surface area (Å²) in [5, 5.41) is 26.5. The Morgan fingerprint density at radius 2 is 1.74 bits per heavy atom. The molecule has 3 heterocycles. The number of aliphatic hydroxyl groups is 2. The van der Waals surface area contributed by atoms with E-state index in [0.717, 1.165) is 54.7 Å². The van der Waals surface area contributed by atoms with E-state index in [2.05, 4.69) is 41.3 Å². The molecule has 10 N–H and O–H groups in total. The number of nitrogens with two attached hydrogens (primary N) is 1. The first-order chi connectivity index (χ1) is 26.5. The number of hydrogen-bond acceptors (Lipinski definition) is 18. The largest absolute Gasteiger partial charge is 0.481 e.